The van der Waals surface area contributed by atoms with Gasteiger partial charge in [0, 0.05) is 16.1 Å². The average Bonchev–Trinajstić information content (AvgIpc) is 2.77. The van der Waals surface area contributed by atoms with Crippen LogP contribution < -0.4 is 4.80 Å². The molecule has 2 aromatic rings. The van der Waals surface area contributed by atoms with Crippen LogP contribution in [0.1, 0.15) is 45.8 Å². The fraction of sp³-hybridized carbons (Fsp3) is 0.389. The summed E-state index contributed by atoms with van der Waals surface area (Å²) in [4.78, 5) is 28.8. The second-order valence-electron chi connectivity index (χ2n) is 6.29. The zero-order valence-electron chi connectivity index (χ0n) is 14.3. The van der Waals surface area contributed by atoms with Crippen LogP contribution in [-0.2, 0) is 30.4 Å². The maximum absolute atomic E-state index is 12.8. The largest absolute Gasteiger partial charge is 0.480 e. The van der Waals surface area contributed by atoms with Crippen molar-refractivity contribution in [2.75, 3.05) is 0 Å². The number of aliphatic carboxylic acids is 1. The number of carbonyl (C=O) groups is 2. The molecule has 1 N–H and O–H groups in total. The van der Waals surface area contributed by atoms with E-state index in [0.29, 0.717) is 6.42 Å². The van der Waals surface area contributed by atoms with Crippen LogP contribution in [0.5, 0.6) is 0 Å². The second kappa shape index (κ2) is 7.67. The van der Waals surface area contributed by atoms with Crippen LogP contribution in [0.25, 0.3) is 0 Å². The molecule has 1 aliphatic rings. The minimum absolute atomic E-state index is 0.185. The molecule has 0 saturated heterocycles. The van der Waals surface area contributed by atoms with E-state index in [1.165, 1.54) is 22.0 Å². The number of thiazole rings is 1. The highest BCUT2D eigenvalue weighted by atomic mass is 32.1. The molecule has 0 saturated carbocycles. The van der Waals surface area contributed by atoms with Crippen LogP contribution in [0.2, 0.25) is 0 Å². The monoisotopic (exact) mass is 398 g/mol. The van der Waals surface area contributed by atoms with E-state index in [0.717, 1.165) is 54.5 Å². The number of hydrogen-bond acceptors (Lipinski definition) is 3. The van der Waals surface area contributed by atoms with E-state index in [9.17, 15) is 27.9 Å². The van der Waals surface area contributed by atoms with Gasteiger partial charge in [0.1, 0.15) is 6.54 Å². The predicted octanol–water partition coefficient (Wildman–Crippen LogP) is 3.66. The molecule has 9 heteroatoms. The van der Waals surface area contributed by atoms with E-state index in [-0.39, 0.29) is 16.9 Å². The summed E-state index contributed by atoms with van der Waals surface area (Å²) in [6, 6.07) is 4.06. The molecule has 0 fully saturated rings. The van der Waals surface area contributed by atoms with Gasteiger partial charge in [-0.25, -0.2) is 0 Å². The van der Waals surface area contributed by atoms with E-state index in [1.54, 1.807) is 0 Å². The highest BCUT2D eigenvalue weighted by molar-refractivity contribution is 7.09. The second-order valence-corrected chi connectivity index (χ2v) is 7.35. The van der Waals surface area contributed by atoms with Gasteiger partial charge >= 0.3 is 12.1 Å². The molecule has 0 bridgehead atoms. The summed E-state index contributed by atoms with van der Waals surface area (Å²) in [7, 11) is 0. The lowest BCUT2D eigenvalue weighted by Gasteiger charge is -2.07. The topological polar surface area (TPSA) is 71.7 Å². The van der Waals surface area contributed by atoms with Crippen LogP contribution in [0.3, 0.4) is 0 Å². The average molecular weight is 398 g/mol. The molecular weight excluding hydrogens is 381 g/mol. The van der Waals surface area contributed by atoms with Gasteiger partial charge < -0.3 is 9.67 Å². The molecule has 1 heterocycles. The Labute approximate surface area is 156 Å². The van der Waals surface area contributed by atoms with E-state index < -0.39 is 23.6 Å². The third kappa shape index (κ3) is 4.47. The van der Waals surface area contributed by atoms with Gasteiger partial charge in [0.15, 0.2) is 4.80 Å². The summed E-state index contributed by atoms with van der Waals surface area (Å²) < 4.78 is 40.0. The fourth-order valence-corrected chi connectivity index (χ4v) is 4.29. The van der Waals surface area contributed by atoms with E-state index >= 15 is 0 Å². The number of aromatic nitrogens is 1. The number of rotatable bonds is 3. The Balaban J connectivity index is 2.04. The Hall–Kier alpha value is -2.42. The van der Waals surface area contributed by atoms with Crippen LogP contribution in [0.15, 0.2) is 29.3 Å². The summed E-state index contributed by atoms with van der Waals surface area (Å²) in [5, 5.41) is 9.19. The highest BCUT2D eigenvalue weighted by Crippen LogP contribution is 2.29. The Kier molecular flexibility index (Phi) is 5.50. The normalized spacial score (nSPS) is 15.3. The molecule has 0 radical (unpaired) electrons. The number of alkyl halides is 3. The molecule has 0 atom stereocenters. The van der Waals surface area contributed by atoms with Gasteiger partial charge in [-0.2, -0.15) is 18.2 Å². The number of nitrogens with zero attached hydrogens (tertiary/aromatic N) is 2. The number of benzene rings is 1. The third-order valence-electron chi connectivity index (χ3n) is 4.34. The van der Waals surface area contributed by atoms with E-state index in [4.69, 9.17) is 0 Å². The SMILES string of the molecule is O=C(O)Cn1c2c(sc1=NC(=O)c1cccc(C(F)(F)F)c1)CCCCC2. The third-order valence-corrected chi connectivity index (χ3v) is 5.52. The maximum atomic E-state index is 12.8. The van der Waals surface area contributed by atoms with Crippen LogP contribution >= 0.6 is 11.3 Å². The first-order valence-electron chi connectivity index (χ1n) is 8.45. The number of aryl methyl sites for hydroxylation is 1. The number of fused-ring (bicyclic) bond motifs is 1. The molecule has 1 aliphatic carbocycles. The molecule has 144 valence electrons. The molecule has 1 aromatic carbocycles. The molecule has 0 unspecified atom stereocenters. The lowest BCUT2D eigenvalue weighted by Crippen LogP contribution is -2.23. The number of halogens is 3. The number of carbonyl (C=O) groups excluding carboxylic acids is 1. The van der Waals surface area contributed by atoms with Gasteiger partial charge in [-0.1, -0.05) is 12.5 Å². The number of hydrogen-bond donors (Lipinski definition) is 1. The van der Waals surface area contributed by atoms with Crippen LogP contribution in [-0.4, -0.2) is 21.6 Å². The minimum atomic E-state index is -4.56. The van der Waals surface area contributed by atoms with E-state index in [2.05, 4.69) is 4.99 Å². The lowest BCUT2D eigenvalue weighted by atomic mass is 10.1. The number of carboxylic acids is 1. The van der Waals surface area contributed by atoms with Crippen molar-refractivity contribution in [2.45, 2.75) is 44.8 Å². The molecular formula is C18H17F3N2O3S. The van der Waals surface area contributed by atoms with Gasteiger partial charge in [-0.05, 0) is 43.9 Å². The molecule has 1 aromatic heterocycles. The summed E-state index contributed by atoms with van der Waals surface area (Å²) >= 11 is 1.24. The molecule has 0 spiro atoms. The van der Waals surface area contributed by atoms with Crippen molar-refractivity contribution in [1.82, 2.24) is 4.57 Å². The molecule has 27 heavy (non-hydrogen) atoms. The Bertz CT molecular complexity index is 944. The number of carboxylic acid groups (broad SMARTS) is 1. The lowest BCUT2D eigenvalue weighted by molar-refractivity contribution is -0.138. The molecule has 1 amide bonds. The van der Waals surface area contributed by atoms with Gasteiger partial charge in [0.2, 0.25) is 0 Å². The van der Waals surface area contributed by atoms with Crippen molar-refractivity contribution >= 4 is 23.2 Å². The van der Waals surface area contributed by atoms with Crippen molar-refractivity contribution < 1.29 is 27.9 Å². The fourth-order valence-electron chi connectivity index (χ4n) is 3.08. The predicted molar refractivity (Wildman–Crippen MR) is 92.5 cm³/mol. The first-order valence-corrected chi connectivity index (χ1v) is 9.27. The van der Waals surface area contributed by atoms with Gasteiger partial charge in [0.25, 0.3) is 5.91 Å². The summed E-state index contributed by atoms with van der Waals surface area (Å²) in [6.45, 7) is -0.333. The summed E-state index contributed by atoms with van der Waals surface area (Å²) in [6.07, 6.45) is -0.130. The van der Waals surface area contributed by atoms with Crippen molar-refractivity contribution in [3.8, 4) is 0 Å². The Morgan fingerprint density at radius 2 is 1.93 bits per heavy atom. The Morgan fingerprint density at radius 3 is 2.63 bits per heavy atom. The first kappa shape index (κ1) is 19.3. The molecule has 0 aliphatic heterocycles. The maximum Gasteiger partial charge on any atom is 0.416 e. The van der Waals surface area contributed by atoms with Crippen molar-refractivity contribution in [2.24, 2.45) is 4.99 Å². The summed E-state index contributed by atoms with van der Waals surface area (Å²) in [5.41, 5.74) is -0.255. The zero-order valence-corrected chi connectivity index (χ0v) is 15.1. The standard InChI is InChI=1S/C18H17F3N2O3S/c19-18(20,21)12-6-4-5-11(9-12)16(26)22-17-23(10-15(24)25)13-7-2-1-3-8-14(13)27-17/h4-6,9H,1-3,7-8,10H2,(H,24,25). The van der Waals surface area contributed by atoms with E-state index in [1.807, 2.05) is 0 Å². The van der Waals surface area contributed by atoms with Crippen molar-refractivity contribution in [3.05, 3.63) is 50.8 Å². The number of amides is 1. The van der Waals surface area contributed by atoms with Gasteiger partial charge in [-0.3, -0.25) is 9.59 Å². The van der Waals surface area contributed by atoms with Gasteiger partial charge in [0.05, 0.1) is 5.56 Å². The first-order chi connectivity index (χ1) is 12.8. The zero-order chi connectivity index (χ0) is 19.6. The summed E-state index contributed by atoms with van der Waals surface area (Å²) in [5.74, 6) is -1.88. The Morgan fingerprint density at radius 1 is 1.19 bits per heavy atom. The quantitative estimate of drug-likeness (QED) is 0.802. The van der Waals surface area contributed by atoms with Crippen LogP contribution in [0.4, 0.5) is 13.2 Å². The van der Waals surface area contributed by atoms with Crippen molar-refractivity contribution in [3.63, 3.8) is 0 Å². The molecule has 3 rings (SSSR count). The van der Waals surface area contributed by atoms with Gasteiger partial charge in [-0.15, -0.1) is 11.3 Å². The molecule has 5 nitrogen and oxygen atoms in total. The highest BCUT2D eigenvalue weighted by Gasteiger charge is 2.31. The smallest absolute Gasteiger partial charge is 0.416 e. The van der Waals surface area contributed by atoms with Crippen LogP contribution in [0, 0.1) is 0 Å². The van der Waals surface area contributed by atoms with Crippen molar-refractivity contribution in [1.29, 1.82) is 0 Å². The minimum Gasteiger partial charge on any atom is -0.480 e.